The molecule has 0 unspecified atom stereocenters. The number of methoxy groups -OCH3 is 1. The Kier molecular flexibility index (Phi) is 5.26. The molecule has 0 aliphatic carbocycles. The molecule has 0 bridgehead atoms. The summed E-state index contributed by atoms with van der Waals surface area (Å²) in [7, 11) is 1.25. The van der Waals surface area contributed by atoms with Crippen molar-refractivity contribution in [1.29, 1.82) is 0 Å². The summed E-state index contributed by atoms with van der Waals surface area (Å²) in [5.74, 6) is -1.18. The standard InChI is InChI=1S/C15H14N2O4S/c1-21-13(18)9-16-14(19)10-4-2-5-11(8-10)17-15(20)12-6-3-7-22-12/h2-8H,9H2,1H3,(H,16,19)(H,17,20). The maximum Gasteiger partial charge on any atom is 0.325 e. The van der Waals surface area contributed by atoms with Crippen LogP contribution in [0.2, 0.25) is 0 Å². The summed E-state index contributed by atoms with van der Waals surface area (Å²) in [5, 5.41) is 6.96. The number of hydrogen-bond donors (Lipinski definition) is 2. The maximum atomic E-state index is 11.9. The van der Waals surface area contributed by atoms with Crippen LogP contribution in [0.4, 0.5) is 5.69 Å². The average Bonchev–Trinajstić information content (AvgIpc) is 3.07. The van der Waals surface area contributed by atoms with Crippen molar-refractivity contribution >= 4 is 34.8 Å². The Morgan fingerprint density at radius 1 is 1.14 bits per heavy atom. The summed E-state index contributed by atoms with van der Waals surface area (Å²) < 4.78 is 4.44. The first kappa shape index (κ1) is 15.7. The Bertz CT molecular complexity index is 683. The number of esters is 1. The minimum absolute atomic E-state index is 0.207. The van der Waals surface area contributed by atoms with Crippen molar-refractivity contribution in [3.05, 3.63) is 52.2 Å². The van der Waals surface area contributed by atoms with Gasteiger partial charge in [-0.05, 0) is 29.6 Å². The molecule has 1 aromatic carbocycles. The normalized spacial score (nSPS) is 9.86. The van der Waals surface area contributed by atoms with Crippen molar-refractivity contribution in [1.82, 2.24) is 5.32 Å². The molecule has 2 aromatic rings. The zero-order valence-corrected chi connectivity index (χ0v) is 12.6. The fourth-order valence-electron chi connectivity index (χ4n) is 1.67. The minimum Gasteiger partial charge on any atom is -0.468 e. The van der Waals surface area contributed by atoms with Gasteiger partial charge in [0.1, 0.15) is 6.54 Å². The summed E-state index contributed by atoms with van der Waals surface area (Å²) >= 11 is 1.33. The topological polar surface area (TPSA) is 84.5 Å². The average molecular weight is 318 g/mol. The lowest BCUT2D eigenvalue weighted by atomic mass is 10.2. The first-order chi connectivity index (χ1) is 10.6. The Morgan fingerprint density at radius 2 is 1.95 bits per heavy atom. The molecule has 0 atom stereocenters. The summed E-state index contributed by atoms with van der Waals surface area (Å²) in [4.78, 5) is 35.4. The summed E-state index contributed by atoms with van der Waals surface area (Å²) in [6.45, 7) is -0.207. The molecule has 0 radical (unpaired) electrons. The second-order valence-corrected chi connectivity index (χ2v) is 5.22. The van der Waals surface area contributed by atoms with Crippen LogP contribution < -0.4 is 10.6 Å². The molecule has 22 heavy (non-hydrogen) atoms. The molecule has 0 aliphatic heterocycles. The summed E-state index contributed by atoms with van der Waals surface area (Å²) in [6, 6.07) is 9.97. The van der Waals surface area contributed by atoms with E-state index >= 15 is 0 Å². The van der Waals surface area contributed by atoms with E-state index in [1.807, 2.05) is 5.38 Å². The second kappa shape index (κ2) is 7.37. The van der Waals surface area contributed by atoms with E-state index in [0.29, 0.717) is 16.1 Å². The molecular formula is C15H14N2O4S. The van der Waals surface area contributed by atoms with Crippen LogP contribution in [0.5, 0.6) is 0 Å². The van der Waals surface area contributed by atoms with Gasteiger partial charge in [0.15, 0.2) is 0 Å². The van der Waals surface area contributed by atoms with Gasteiger partial charge in [0.2, 0.25) is 0 Å². The van der Waals surface area contributed by atoms with Crippen LogP contribution in [-0.2, 0) is 9.53 Å². The van der Waals surface area contributed by atoms with Gasteiger partial charge < -0.3 is 15.4 Å². The SMILES string of the molecule is COC(=O)CNC(=O)c1cccc(NC(=O)c2cccs2)c1. The van der Waals surface area contributed by atoms with E-state index in [-0.39, 0.29) is 12.5 Å². The third-order valence-electron chi connectivity index (χ3n) is 2.75. The number of amides is 2. The number of thiophene rings is 1. The zero-order valence-electron chi connectivity index (χ0n) is 11.8. The fourth-order valence-corrected chi connectivity index (χ4v) is 2.28. The van der Waals surface area contributed by atoms with Crippen molar-refractivity contribution in [3.8, 4) is 0 Å². The maximum absolute atomic E-state index is 11.9. The monoisotopic (exact) mass is 318 g/mol. The van der Waals surface area contributed by atoms with E-state index in [0.717, 1.165) is 0 Å². The predicted octanol–water partition coefficient (Wildman–Crippen LogP) is 1.90. The Hall–Kier alpha value is -2.67. The van der Waals surface area contributed by atoms with Gasteiger partial charge in [-0.1, -0.05) is 12.1 Å². The molecule has 7 heteroatoms. The summed E-state index contributed by atoms with van der Waals surface area (Å²) in [6.07, 6.45) is 0. The molecule has 2 amide bonds. The molecule has 2 N–H and O–H groups in total. The number of nitrogens with one attached hydrogen (secondary N) is 2. The first-order valence-corrected chi connectivity index (χ1v) is 7.28. The van der Waals surface area contributed by atoms with E-state index in [1.54, 1.807) is 30.3 Å². The highest BCUT2D eigenvalue weighted by molar-refractivity contribution is 7.12. The molecule has 6 nitrogen and oxygen atoms in total. The van der Waals surface area contributed by atoms with Gasteiger partial charge in [-0.3, -0.25) is 14.4 Å². The van der Waals surface area contributed by atoms with Crippen LogP contribution in [0.25, 0.3) is 0 Å². The van der Waals surface area contributed by atoms with E-state index in [1.165, 1.54) is 24.5 Å². The van der Waals surface area contributed by atoms with Gasteiger partial charge in [0.25, 0.3) is 11.8 Å². The van der Waals surface area contributed by atoms with Gasteiger partial charge in [-0.2, -0.15) is 0 Å². The molecule has 0 spiro atoms. The van der Waals surface area contributed by atoms with Crippen LogP contribution in [0.1, 0.15) is 20.0 Å². The van der Waals surface area contributed by atoms with Crippen LogP contribution >= 0.6 is 11.3 Å². The highest BCUT2D eigenvalue weighted by Gasteiger charge is 2.11. The lowest BCUT2D eigenvalue weighted by Gasteiger charge is -2.07. The quantitative estimate of drug-likeness (QED) is 0.825. The minimum atomic E-state index is -0.532. The zero-order chi connectivity index (χ0) is 15.9. The Morgan fingerprint density at radius 3 is 2.64 bits per heavy atom. The number of carbonyl (C=O) groups is 3. The largest absolute Gasteiger partial charge is 0.468 e. The molecule has 0 saturated heterocycles. The smallest absolute Gasteiger partial charge is 0.325 e. The van der Waals surface area contributed by atoms with Gasteiger partial charge >= 0.3 is 5.97 Å². The number of anilines is 1. The van der Waals surface area contributed by atoms with Gasteiger partial charge in [-0.25, -0.2) is 0 Å². The van der Waals surface area contributed by atoms with Crippen LogP contribution in [0.15, 0.2) is 41.8 Å². The third-order valence-corrected chi connectivity index (χ3v) is 3.62. The fraction of sp³-hybridized carbons (Fsp3) is 0.133. The van der Waals surface area contributed by atoms with E-state index in [9.17, 15) is 14.4 Å². The van der Waals surface area contributed by atoms with Gasteiger partial charge in [0.05, 0.1) is 12.0 Å². The predicted molar refractivity (Wildman–Crippen MR) is 83.1 cm³/mol. The highest BCUT2D eigenvalue weighted by atomic mass is 32.1. The number of benzene rings is 1. The van der Waals surface area contributed by atoms with Crippen molar-refractivity contribution in [2.24, 2.45) is 0 Å². The van der Waals surface area contributed by atoms with Crippen molar-refractivity contribution < 1.29 is 19.1 Å². The molecule has 1 heterocycles. The van der Waals surface area contributed by atoms with Crippen molar-refractivity contribution in [2.45, 2.75) is 0 Å². The third kappa shape index (κ3) is 4.16. The lowest BCUT2D eigenvalue weighted by Crippen LogP contribution is -2.30. The van der Waals surface area contributed by atoms with Crippen LogP contribution in [-0.4, -0.2) is 31.4 Å². The lowest BCUT2D eigenvalue weighted by molar-refractivity contribution is -0.139. The van der Waals surface area contributed by atoms with Crippen LogP contribution in [0, 0.1) is 0 Å². The number of ether oxygens (including phenoxy) is 1. The Balaban J connectivity index is 2.02. The molecule has 2 rings (SSSR count). The van der Waals surface area contributed by atoms with E-state index in [4.69, 9.17) is 0 Å². The Labute approximate surface area is 131 Å². The first-order valence-electron chi connectivity index (χ1n) is 6.40. The highest BCUT2D eigenvalue weighted by Crippen LogP contribution is 2.14. The number of hydrogen-bond acceptors (Lipinski definition) is 5. The van der Waals surface area contributed by atoms with Gasteiger partial charge in [-0.15, -0.1) is 11.3 Å². The molecule has 0 aliphatic rings. The molecular weight excluding hydrogens is 304 g/mol. The molecule has 1 aromatic heterocycles. The van der Waals surface area contributed by atoms with Crippen molar-refractivity contribution in [3.63, 3.8) is 0 Å². The summed E-state index contributed by atoms with van der Waals surface area (Å²) in [5.41, 5.74) is 0.844. The van der Waals surface area contributed by atoms with Crippen LogP contribution in [0.3, 0.4) is 0 Å². The molecule has 0 saturated carbocycles. The molecule has 114 valence electrons. The number of carbonyl (C=O) groups excluding carboxylic acids is 3. The molecule has 0 fully saturated rings. The van der Waals surface area contributed by atoms with E-state index in [2.05, 4.69) is 15.4 Å². The second-order valence-electron chi connectivity index (χ2n) is 4.27. The number of rotatable bonds is 5. The van der Waals surface area contributed by atoms with Gasteiger partial charge in [0, 0.05) is 11.3 Å². The van der Waals surface area contributed by atoms with Crippen molar-refractivity contribution in [2.75, 3.05) is 19.0 Å². The van der Waals surface area contributed by atoms with E-state index < -0.39 is 11.9 Å².